The first-order valence-electron chi connectivity index (χ1n) is 12.8. The summed E-state index contributed by atoms with van der Waals surface area (Å²) in [6, 6.07) is 7.53. The van der Waals surface area contributed by atoms with E-state index in [9.17, 15) is 24.9 Å². The van der Waals surface area contributed by atoms with Crippen LogP contribution in [0.1, 0.15) is 72.6 Å². The molecule has 5 rings (SSSR count). The SMILES string of the molecule is CC1=Cc2cc3[nH]c(cc4nc(cc5[nH]c(cc5C)c(O)c1n2)C(C)=C4CCC(=O)O)c(CCC(=O)O)c3C. The second kappa shape index (κ2) is 9.90. The topological polar surface area (TPSA) is 152 Å². The second-order valence-corrected chi connectivity index (χ2v) is 10.1. The third-order valence-electron chi connectivity index (χ3n) is 7.38. The average Bonchev–Trinajstić information content (AvgIpc) is 3.57. The molecule has 3 aromatic rings. The monoisotopic (exact) mass is 526 g/mol. The quantitative estimate of drug-likeness (QED) is 0.264. The fraction of sp³-hybridized carbons (Fsp3) is 0.267. The van der Waals surface area contributed by atoms with E-state index in [1.807, 2.05) is 58.0 Å². The largest absolute Gasteiger partial charge is 0.504 e. The smallest absolute Gasteiger partial charge is 0.303 e. The molecule has 9 nitrogen and oxygen atoms in total. The number of hydrogen-bond donors (Lipinski definition) is 5. The Kier molecular flexibility index (Phi) is 6.59. The van der Waals surface area contributed by atoms with Crippen molar-refractivity contribution < 1.29 is 24.9 Å². The number of aromatic amines is 2. The lowest BCUT2D eigenvalue weighted by atomic mass is 10.0. The fourth-order valence-electron chi connectivity index (χ4n) is 5.19. The molecule has 0 atom stereocenters. The molecule has 0 unspecified atom stereocenters. The first-order valence-corrected chi connectivity index (χ1v) is 12.8. The molecule has 9 heteroatoms. The van der Waals surface area contributed by atoms with Gasteiger partial charge >= 0.3 is 11.9 Å². The van der Waals surface area contributed by atoms with Crippen molar-refractivity contribution in [3.8, 4) is 5.75 Å². The van der Waals surface area contributed by atoms with Gasteiger partial charge in [0.15, 0.2) is 5.75 Å². The van der Waals surface area contributed by atoms with Crippen molar-refractivity contribution in [2.24, 2.45) is 0 Å². The summed E-state index contributed by atoms with van der Waals surface area (Å²) >= 11 is 0. The molecule has 39 heavy (non-hydrogen) atoms. The van der Waals surface area contributed by atoms with Crippen LogP contribution in [-0.4, -0.2) is 47.2 Å². The molecule has 0 aromatic carbocycles. The maximum atomic E-state index is 11.4. The Morgan fingerprint density at radius 2 is 1.46 bits per heavy atom. The van der Waals surface area contributed by atoms with Gasteiger partial charge in [-0.3, -0.25) is 9.59 Å². The highest BCUT2D eigenvalue weighted by Gasteiger charge is 2.20. The summed E-state index contributed by atoms with van der Waals surface area (Å²) < 4.78 is 0. The van der Waals surface area contributed by atoms with Crippen molar-refractivity contribution in [2.45, 2.75) is 53.4 Å². The number of nitrogens with zero attached hydrogens (tertiary/aromatic N) is 2. The molecule has 0 fully saturated rings. The van der Waals surface area contributed by atoms with Crippen LogP contribution in [0.5, 0.6) is 5.75 Å². The minimum atomic E-state index is -0.896. The number of allylic oxidation sites excluding steroid dienone is 3. The lowest BCUT2D eigenvalue weighted by Gasteiger charge is -2.03. The average molecular weight is 527 g/mol. The van der Waals surface area contributed by atoms with Crippen molar-refractivity contribution in [1.82, 2.24) is 19.9 Å². The molecule has 0 saturated carbocycles. The minimum Gasteiger partial charge on any atom is -0.504 e. The van der Waals surface area contributed by atoms with Gasteiger partial charge in [0.2, 0.25) is 0 Å². The summed E-state index contributed by atoms with van der Waals surface area (Å²) in [5.41, 5.74) is 10.5. The molecule has 5 heterocycles. The summed E-state index contributed by atoms with van der Waals surface area (Å²) in [7, 11) is 0. The number of carbonyl (C=O) groups is 2. The van der Waals surface area contributed by atoms with Gasteiger partial charge in [-0.1, -0.05) is 0 Å². The third-order valence-corrected chi connectivity index (χ3v) is 7.38. The van der Waals surface area contributed by atoms with Crippen LogP contribution >= 0.6 is 0 Å². The van der Waals surface area contributed by atoms with Crippen LogP contribution < -0.4 is 0 Å². The Labute approximate surface area is 224 Å². The number of aromatic nitrogens is 4. The zero-order valence-corrected chi connectivity index (χ0v) is 22.3. The van der Waals surface area contributed by atoms with E-state index < -0.39 is 11.9 Å². The first kappa shape index (κ1) is 26.0. The number of carboxylic acid groups (broad SMARTS) is 2. The Balaban J connectivity index is 1.89. The molecule has 2 aliphatic heterocycles. The molecule has 5 N–H and O–H groups in total. The van der Waals surface area contributed by atoms with E-state index in [0.717, 1.165) is 50.0 Å². The van der Waals surface area contributed by atoms with Crippen LogP contribution in [0.2, 0.25) is 0 Å². The highest BCUT2D eigenvalue weighted by atomic mass is 16.4. The summed E-state index contributed by atoms with van der Waals surface area (Å²) in [6.45, 7) is 7.69. The van der Waals surface area contributed by atoms with Gasteiger partial charge in [-0.15, -0.1) is 0 Å². The summed E-state index contributed by atoms with van der Waals surface area (Å²) in [6.07, 6.45) is 2.44. The Hall–Kier alpha value is -4.66. The molecule has 8 bridgehead atoms. The number of rotatable bonds is 6. The molecule has 0 spiro atoms. The number of fused-ring (bicyclic) bond motifs is 8. The van der Waals surface area contributed by atoms with Crippen LogP contribution in [-0.2, 0) is 16.0 Å². The Morgan fingerprint density at radius 1 is 0.795 bits per heavy atom. The zero-order valence-electron chi connectivity index (χ0n) is 22.3. The van der Waals surface area contributed by atoms with Gasteiger partial charge in [0, 0.05) is 29.4 Å². The molecular weight excluding hydrogens is 496 g/mol. The molecule has 2 aliphatic rings. The van der Waals surface area contributed by atoms with Crippen molar-refractivity contribution in [3.05, 3.63) is 63.7 Å². The van der Waals surface area contributed by atoms with Crippen molar-refractivity contribution in [1.29, 1.82) is 0 Å². The van der Waals surface area contributed by atoms with Crippen LogP contribution in [0.3, 0.4) is 0 Å². The fourth-order valence-corrected chi connectivity index (χ4v) is 5.19. The number of aliphatic carboxylic acids is 2. The second-order valence-electron chi connectivity index (χ2n) is 10.1. The zero-order chi connectivity index (χ0) is 28.0. The van der Waals surface area contributed by atoms with Crippen LogP contribution in [0, 0.1) is 13.8 Å². The van der Waals surface area contributed by atoms with Crippen molar-refractivity contribution >= 4 is 56.8 Å². The van der Waals surface area contributed by atoms with Gasteiger partial charge in [-0.2, -0.15) is 0 Å². The van der Waals surface area contributed by atoms with Crippen LogP contribution in [0.25, 0.3) is 44.9 Å². The summed E-state index contributed by atoms with van der Waals surface area (Å²) in [4.78, 5) is 39.1. The van der Waals surface area contributed by atoms with E-state index in [-0.39, 0.29) is 18.6 Å². The maximum Gasteiger partial charge on any atom is 0.303 e. The number of carboxylic acids is 2. The Bertz CT molecular complexity index is 1770. The van der Waals surface area contributed by atoms with E-state index in [1.54, 1.807) is 0 Å². The van der Waals surface area contributed by atoms with Crippen LogP contribution in [0.4, 0.5) is 0 Å². The van der Waals surface area contributed by atoms with Crippen LogP contribution in [0.15, 0.2) is 24.3 Å². The van der Waals surface area contributed by atoms with E-state index in [1.165, 1.54) is 0 Å². The summed E-state index contributed by atoms with van der Waals surface area (Å²) in [5.74, 6) is -1.75. The lowest BCUT2D eigenvalue weighted by molar-refractivity contribution is -0.137. The number of nitrogens with one attached hydrogen (secondary N) is 2. The van der Waals surface area contributed by atoms with Crippen molar-refractivity contribution in [2.75, 3.05) is 0 Å². The molecule has 200 valence electrons. The molecule has 0 saturated heterocycles. The predicted molar refractivity (Wildman–Crippen MR) is 151 cm³/mol. The van der Waals surface area contributed by atoms with Gasteiger partial charge in [-0.05, 0) is 104 Å². The molecule has 0 amide bonds. The van der Waals surface area contributed by atoms with Crippen molar-refractivity contribution in [3.63, 3.8) is 0 Å². The molecule has 0 radical (unpaired) electrons. The number of H-pyrrole nitrogens is 2. The number of aromatic hydroxyl groups is 1. The van der Waals surface area contributed by atoms with Gasteiger partial charge in [0.1, 0.15) is 5.69 Å². The molecular formula is C30H30N4O5. The van der Waals surface area contributed by atoms with Gasteiger partial charge in [-0.25, -0.2) is 9.97 Å². The van der Waals surface area contributed by atoms with Gasteiger partial charge in [0.05, 0.1) is 22.6 Å². The highest BCUT2D eigenvalue weighted by Crippen LogP contribution is 2.36. The minimum absolute atomic E-state index is 0.0354. The molecule has 3 aromatic heterocycles. The predicted octanol–water partition coefficient (Wildman–Crippen LogP) is 6.01. The molecule has 0 aliphatic carbocycles. The standard InChI is InChI=1S/C30H30N4O5/c1-14-10-26-30(39)29-15(2)9-18(31-29)11-22-16(3)19(5-7-27(35)36)24(33-22)13-25-20(6-8-28(37)38)17(4)23(34-25)12-21(14)32-26/h9-13,32-33,39H,5-8H2,1-4H3,(H,35,36)(H,37,38). The highest BCUT2D eigenvalue weighted by molar-refractivity contribution is 5.94. The summed E-state index contributed by atoms with van der Waals surface area (Å²) in [5, 5.41) is 29.9. The number of hydrogen-bond acceptors (Lipinski definition) is 5. The van der Waals surface area contributed by atoms with E-state index in [0.29, 0.717) is 41.1 Å². The van der Waals surface area contributed by atoms with E-state index in [2.05, 4.69) is 15.0 Å². The first-order chi connectivity index (χ1) is 18.5. The van der Waals surface area contributed by atoms with E-state index in [4.69, 9.17) is 4.98 Å². The Morgan fingerprint density at radius 3 is 2.18 bits per heavy atom. The van der Waals surface area contributed by atoms with Gasteiger partial charge in [0.25, 0.3) is 0 Å². The maximum absolute atomic E-state index is 11.4. The number of aryl methyl sites for hydroxylation is 3. The van der Waals surface area contributed by atoms with Gasteiger partial charge < -0.3 is 25.3 Å². The van der Waals surface area contributed by atoms with E-state index >= 15 is 0 Å². The third kappa shape index (κ3) is 4.95. The lowest BCUT2D eigenvalue weighted by Crippen LogP contribution is -1.98. The normalized spacial score (nSPS) is 13.1.